The van der Waals surface area contributed by atoms with E-state index in [-0.39, 0.29) is 6.04 Å². The number of ether oxygens (including phenoxy) is 1. The summed E-state index contributed by atoms with van der Waals surface area (Å²) in [4.78, 5) is 0. The summed E-state index contributed by atoms with van der Waals surface area (Å²) in [6.45, 7) is 6.09. The van der Waals surface area contributed by atoms with Gasteiger partial charge in [0.2, 0.25) is 0 Å². The third-order valence-corrected chi connectivity index (χ3v) is 2.72. The lowest BCUT2D eigenvalue weighted by molar-refractivity contribution is 0.126. The summed E-state index contributed by atoms with van der Waals surface area (Å²) in [5.74, 6) is 0.787. The topological polar surface area (TPSA) is 64.9 Å². The van der Waals surface area contributed by atoms with Crippen LogP contribution in [0.15, 0.2) is 30.3 Å². The molecule has 1 atom stereocenters. The van der Waals surface area contributed by atoms with Crippen LogP contribution < -0.4 is 5.32 Å². The predicted molar refractivity (Wildman–Crippen MR) is 71.9 cm³/mol. The minimum Gasteiger partial charge on any atom is -0.380 e. The molecule has 1 aromatic carbocycles. The molecular formula is C13H19N5O. The van der Waals surface area contributed by atoms with Gasteiger partial charge >= 0.3 is 0 Å². The Morgan fingerprint density at radius 3 is 2.84 bits per heavy atom. The number of rotatable bonds is 7. The van der Waals surface area contributed by atoms with Crippen LogP contribution in [0.1, 0.15) is 19.7 Å². The van der Waals surface area contributed by atoms with Crippen molar-refractivity contribution in [3.63, 3.8) is 0 Å². The van der Waals surface area contributed by atoms with E-state index in [1.54, 1.807) is 4.68 Å². The fraction of sp³-hybridized carbons (Fsp3) is 0.462. The molecule has 0 amide bonds. The minimum atomic E-state index is 0.265. The summed E-state index contributed by atoms with van der Waals surface area (Å²) in [6, 6.07) is 10.1. The third kappa shape index (κ3) is 3.84. The summed E-state index contributed by atoms with van der Waals surface area (Å²) < 4.78 is 7.10. The van der Waals surface area contributed by atoms with Crippen LogP contribution in [0.25, 0.3) is 5.69 Å². The van der Waals surface area contributed by atoms with Gasteiger partial charge in [-0.25, -0.2) is 0 Å². The van der Waals surface area contributed by atoms with Gasteiger partial charge < -0.3 is 10.1 Å². The lowest BCUT2D eigenvalue weighted by atomic mass is 10.3. The maximum Gasteiger partial charge on any atom is 0.170 e. The normalized spacial score (nSPS) is 12.5. The molecule has 0 bridgehead atoms. The molecular weight excluding hydrogens is 242 g/mol. The van der Waals surface area contributed by atoms with Gasteiger partial charge in [-0.3, -0.25) is 0 Å². The molecule has 102 valence electrons. The van der Waals surface area contributed by atoms with E-state index >= 15 is 0 Å². The lowest BCUT2D eigenvalue weighted by Gasteiger charge is -2.13. The minimum absolute atomic E-state index is 0.265. The molecule has 0 spiro atoms. The molecule has 2 rings (SSSR count). The lowest BCUT2D eigenvalue weighted by Crippen LogP contribution is -2.31. The van der Waals surface area contributed by atoms with Gasteiger partial charge in [0.25, 0.3) is 0 Å². The average Bonchev–Trinajstić information content (AvgIpc) is 2.92. The van der Waals surface area contributed by atoms with Crippen molar-refractivity contribution in [1.82, 2.24) is 25.5 Å². The molecule has 6 heteroatoms. The van der Waals surface area contributed by atoms with Gasteiger partial charge in [-0.1, -0.05) is 18.2 Å². The number of tetrazole rings is 1. The molecule has 0 saturated heterocycles. The van der Waals surface area contributed by atoms with Gasteiger partial charge in [-0.2, -0.15) is 4.68 Å². The van der Waals surface area contributed by atoms with Crippen molar-refractivity contribution in [2.24, 2.45) is 0 Å². The summed E-state index contributed by atoms with van der Waals surface area (Å²) in [7, 11) is 0. The largest absolute Gasteiger partial charge is 0.380 e. The molecule has 19 heavy (non-hydrogen) atoms. The highest BCUT2D eigenvalue weighted by molar-refractivity contribution is 5.30. The van der Waals surface area contributed by atoms with Gasteiger partial charge in [0.1, 0.15) is 0 Å². The summed E-state index contributed by atoms with van der Waals surface area (Å²) in [5.41, 5.74) is 0.960. The van der Waals surface area contributed by atoms with Crippen molar-refractivity contribution in [2.45, 2.75) is 26.4 Å². The summed E-state index contributed by atoms with van der Waals surface area (Å²) >= 11 is 0. The van der Waals surface area contributed by atoms with E-state index in [9.17, 15) is 0 Å². The second-order valence-corrected chi connectivity index (χ2v) is 4.28. The number of hydrogen-bond donors (Lipinski definition) is 1. The van der Waals surface area contributed by atoms with Crippen LogP contribution in [0, 0.1) is 0 Å². The summed E-state index contributed by atoms with van der Waals surface area (Å²) in [6.07, 6.45) is 0. The molecule has 1 N–H and O–H groups in total. The smallest absolute Gasteiger partial charge is 0.170 e. The van der Waals surface area contributed by atoms with Crippen LogP contribution >= 0.6 is 0 Å². The van der Waals surface area contributed by atoms with Crippen LogP contribution in [0.3, 0.4) is 0 Å². The first-order chi connectivity index (χ1) is 9.31. The number of para-hydroxylation sites is 1. The fourth-order valence-corrected chi connectivity index (χ4v) is 1.70. The Labute approximate surface area is 112 Å². The van der Waals surface area contributed by atoms with Crippen molar-refractivity contribution < 1.29 is 4.74 Å². The number of aromatic nitrogens is 4. The molecule has 0 saturated carbocycles. The van der Waals surface area contributed by atoms with Crippen molar-refractivity contribution in [3.8, 4) is 5.69 Å². The molecule has 1 heterocycles. The molecule has 1 aromatic heterocycles. The van der Waals surface area contributed by atoms with E-state index in [1.165, 1.54) is 0 Å². The second-order valence-electron chi connectivity index (χ2n) is 4.28. The van der Waals surface area contributed by atoms with Gasteiger partial charge in [-0.05, 0) is 36.4 Å². The van der Waals surface area contributed by atoms with Gasteiger partial charge in [0.05, 0.1) is 18.8 Å². The average molecular weight is 261 g/mol. The van der Waals surface area contributed by atoms with Crippen molar-refractivity contribution in [1.29, 1.82) is 0 Å². The van der Waals surface area contributed by atoms with Crippen molar-refractivity contribution >= 4 is 0 Å². The standard InChI is InChI=1S/C13H19N5O/c1-3-19-10-11(2)14-9-13-15-16-17-18(13)12-7-5-4-6-8-12/h4-8,11,14H,3,9-10H2,1-2H3. The van der Waals surface area contributed by atoms with Crippen LogP contribution in [0.4, 0.5) is 0 Å². The molecule has 1 unspecified atom stereocenters. The SMILES string of the molecule is CCOCC(C)NCc1nnnn1-c1ccccc1. The highest BCUT2D eigenvalue weighted by atomic mass is 16.5. The molecule has 0 aliphatic heterocycles. The third-order valence-electron chi connectivity index (χ3n) is 2.72. The van der Waals surface area contributed by atoms with Crippen LogP contribution in [-0.4, -0.2) is 39.5 Å². The maximum atomic E-state index is 5.36. The monoisotopic (exact) mass is 261 g/mol. The van der Waals surface area contributed by atoms with Crippen LogP contribution in [0.5, 0.6) is 0 Å². The van der Waals surface area contributed by atoms with Crippen molar-refractivity contribution in [2.75, 3.05) is 13.2 Å². The van der Waals surface area contributed by atoms with Gasteiger partial charge in [-0.15, -0.1) is 5.10 Å². The quantitative estimate of drug-likeness (QED) is 0.810. The first-order valence-corrected chi connectivity index (χ1v) is 6.45. The zero-order valence-electron chi connectivity index (χ0n) is 11.3. The van der Waals surface area contributed by atoms with Crippen LogP contribution in [-0.2, 0) is 11.3 Å². The number of nitrogens with one attached hydrogen (secondary N) is 1. The fourth-order valence-electron chi connectivity index (χ4n) is 1.70. The molecule has 0 aliphatic carbocycles. The zero-order valence-corrected chi connectivity index (χ0v) is 11.3. The van der Waals surface area contributed by atoms with E-state index in [2.05, 4.69) is 27.8 Å². The Kier molecular flexibility index (Phi) is 5.00. The Morgan fingerprint density at radius 1 is 1.32 bits per heavy atom. The van der Waals surface area contributed by atoms with E-state index < -0.39 is 0 Å². The molecule has 0 radical (unpaired) electrons. The zero-order chi connectivity index (χ0) is 13.5. The van der Waals surface area contributed by atoms with E-state index in [0.29, 0.717) is 13.2 Å². The first-order valence-electron chi connectivity index (χ1n) is 6.45. The molecule has 2 aromatic rings. The van der Waals surface area contributed by atoms with E-state index in [0.717, 1.165) is 18.1 Å². The molecule has 0 aliphatic rings. The van der Waals surface area contributed by atoms with Gasteiger partial charge in [0, 0.05) is 12.6 Å². The Morgan fingerprint density at radius 2 is 2.11 bits per heavy atom. The number of hydrogen-bond acceptors (Lipinski definition) is 5. The Bertz CT molecular complexity index is 485. The predicted octanol–water partition coefficient (Wildman–Crippen LogP) is 1.18. The Balaban J connectivity index is 1.97. The van der Waals surface area contributed by atoms with Crippen molar-refractivity contribution in [3.05, 3.63) is 36.2 Å². The van der Waals surface area contributed by atoms with E-state index in [1.807, 2.05) is 37.3 Å². The van der Waals surface area contributed by atoms with Crippen LogP contribution in [0.2, 0.25) is 0 Å². The second kappa shape index (κ2) is 6.96. The highest BCUT2D eigenvalue weighted by Crippen LogP contribution is 2.06. The first kappa shape index (κ1) is 13.6. The molecule has 0 fully saturated rings. The maximum absolute atomic E-state index is 5.36. The Hall–Kier alpha value is -1.79. The highest BCUT2D eigenvalue weighted by Gasteiger charge is 2.09. The van der Waals surface area contributed by atoms with Gasteiger partial charge in [0.15, 0.2) is 5.82 Å². The summed E-state index contributed by atoms with van der Waals surface area (Å²) in [5, 5.41) is 15.1. The number of benzene rings is 1. The molecule has 6 nitrogen and oxygen atoms in total. The van der Waals surface area contributed by atoms with E-state index in [4.69, 9.17) is 4.74 Å². The number of nitrogens with zero attached hydrogens (tertiary/aromatic N) is 4.